The first-order chi connectivity index (χ1) is 13.8. The van der Waals surface area contributed by atoms with Gasteiger partial charge in [-0.05, 0) is 61.1 Å². The van der Waals surface area contributed by atoms with Gasteiger partial charge in [-0.25, -0.2) is 4.68 Å². The summed E-state index contributed by atoms with van der Waals surface area (Å²) in [5.41, 5.74) is 4.47. The summed E-state index contributed by atoms with van der Waals surface area (Å²) in [6.07, 6.45) is 7.92. The van der Waals surface area contributed by atoms with Crippen molar-refractivity contribution < 1.29 is 4.79 Å². The van der Waals surface area contributed by atoms with Gasteiger partial charge in [-0.15, -0.1) is 0 Å². The van der Waals surface area contributed by atoms with E-state index in [0.717, 1.165) is 31.4 Å². The molecule has 0 aliphatic heterocycles. The van der Waals surface area contributed by atoms with E-state index in [1.165, 1.54) is 11.1 Å². The molecule has 1 aromatic heterocycles. The van der Waals surface area contributed by atoms with Crippen molar-refractivity contribution in [3.05, 3.63) is 83.7 Å². The summed E-state index contributed by atoms with van der Waals surface area (Å²) in [6, 6.07) is 19.2. The highest BCUT2D eigenvalue weighted by Gasteiger charge is 2.35. The molecule has 2 aliphatic carbocycles. The Bertz CT molecular complexity index is 957. The van der Waals surface area contributed by atoms with Gasteiger partial charge in [-0.3, -0.25) is 4.79 Å². The third kappa shape index (κ3) is 3.34. The van der Waals surface area contributed by atoms with Gasteiger partial charge in [-0.1, -0.05) is 30.3 Å². The van der Waals surface area contributed by atoms with Gasteiger partial charge < -0.3 is 10.6 Å². The van der Waals surface area contributed by atoms with Crippen molar-refractivity contribution in [1.82, 2.24) is 20.4 Å². The molecule has 142 valence electrons. The number of hydrogen-bond acceptors (Lipinski definition) is 3. The predicted molar refractivity (Wildman–Crippen MR) is 109 cm³/mol. The largest absolute Gasteiger partial charge is 0.348 e. The fraction of sp³-hybridized carbons (Fsp3) is 0.304. The molecular formula is C23H24N4O. The third-order valence-electron chi connectivity index (χ3n) is 5.97. The lowest BCUT2D eigenvalue weighted by Crippen LogP contribution is -2.59. The van der Waals surface area contributed by atoms with E-state index < -0.39 is 0 Å². The SMILES string of the molecule is O=C(N[C@H]1CC[C@H]1NC1Cc2ccccc2C1)c1cccc(-n2cccn2)c1. The summed E-state index contributed by atoms with van der Waals surface area (Å²) in [4.78, 5) is 12.8. The summed E-state index contributed by atoms with van der Waals surface area (Å²) in [7, 11) is 0. The molecular weight excluding hydrogens is 348 g/mol. The number of amides is 1. The number of hydrogen-bond donors (Lipinski definition) is 2. The fourth-order valence-corrected chi connectivity index (χ4v) is 4.31. The van der Waals surface area contributed by atoms with Gasteiger partial charge in [0.15, 0.2) is 0 Å². The van der Waals surface area contributed by atoms with Crippen LogP contribution in [0.15, 0.2) is 67.0 Å². The second-order valence-corrected chi connectivity index (χ2v) is 7.81. The monoisotopic (exact) mass is 372 g/mol. The van der Waals surface area contributed by atoms with Crippen LogP contribution in [0.4, 0.5) is 0 Å². The summed E-state index contributed by atoms with van der Waals surface area (Å²) in [5, 5.41) is 11.2. The quantitative estimate of drug-likeness (QED) is 0.724. The number of carbonyl (C=O) groups is 1. The molecule has 2 atom stereocenters. The molecule has 1 fully saturated rings. The Labute approximate surface area is 164 Å². The van der Waals surface area contributed by atoms with E-state index in [2.05, 4.69) is 40.0 Å². The van der Waals surface area contributed by atoms with Crippen LogP contribution in [-0.4, -0.2) is 33.8 Å². The number of carbonyl (C=O) groups excluding carboxylic acids is 1. The van der Waals surface area contributed by atoms with Crippen molar-refractivity contribution in [2.45, 2.75) is 43.8 Å². The summed E-state index contributed by atoms with van der Waals surface area (Å²) in [5.74, 6) is -0.0137. The lowest BCUT2D eigenvalue weighted by atomic mass is 9.85. The van der Waals surface area contributed by atoms with Crippen LogP contribution in [0.2, 0.25) is 0 Å². The molecule has 0 unspecified atom stereocenters. The van der Waals surface area contributed by atoms with Crippen LogP contribution < -0.4 is 10.6 Å². The highest BCUT2D eigenvalue weighted by molar-refractivity contribution is 5.95. The number of aromatic nitrogens is 2. The van der Waals surface area contributed by atoms with Crippen molar-refractivity contribution >= 4 is 5.91 Å². The molecule has 2 aromatic carbocycles. The number of benzene rings is 2. The highest BCUT2D eigenvalue weighted by Crippen LogP contribution is 2.26. The molecule has 1 heterocycles. The first kappa shape index (κ1) is 17.2. The van der Waals surface area contributed by atoms with Gasteiger partial charge in [0.2, 0.25) is 0 Å². The van der Waals surface area contributed by atoms with Gasteiger partial charge in [0.25, 0.3) is 5.91 Å². The van der Waals surface area contributed by atoms with Crippen LogP contribution in [0.1, 0.15) is 34.3 Å². The minimum absolute atomic E-state index is 0.0137. The average molecular weight is 372 g/mol. The Morgan fingerprint density at radius 1 is 0.964 bits per heavy atom. The summed E-state index contributed by atoms with van der Waals surface area (Å²) in [6.45, 7) is 0. The molecule has 1 saturated carbocycles. The maximum absolute atomic E-state index is 12.8. The highest BCUT2D eigenvalue weighted by atomic mass is 16.1. The van der Waals surface area contributed by atoms with Crippen LogP contribution in [0.5, 0.6) is 0 Å². The smallest absolute Gasteiger partial charge is 0.251 e. The van der Waals surface area contributed by atoms with Crippen molar-refractivity contribution in [3.63, 3.8) is 0 Å². The fourth-order valence-electron chi connectivity index (χ4n) is 4.31. The molecule has 5 rings (SSSR count). The Kier molecular flexibility index (Phi) is 4.45. The second-order valence-electron chi connectivity index (χ2n) is 7.81. The van der Waals surface area contributed by atoms with E-state index in [1.54, 1.807) is 10.9 Å². The molecule has 5 nitrogen and oxygen atoms in total. The van der Waals surface area contributed by atoms with Crippen LogP contribution in [0.25, 0.3) is 5.69 Å². The number of nitrogens with one attached hydrogen (secondary N) is 2. The van der Waals surface area contributed by atoms with Gasteiger partial charge in [0.05, 0.1) is 5.69 Å². The van der Waals surface area contributed by atoms with Gasteiger partial charge in [-0.2, -0.15) is 5.10 Å². The maximum Gasteiger partial charge on any atom is 0.251 e. The van der Waals surface area contributed by atoms with Crippen LogP contribution >= 0.6 is 0 Å². The zero-order valence-corrected chi connectivity index (χ0v) is 15.7. The van der Waals surface area contributed by atoms with Crippen LogP contribution in [0, 0.1) is 0 Å². The van der Waals surface area contributed by atoms with E-state index in [0.29, 0.717) is 17.6 Å². The molecule has 0 saturated heterocycles. The van der Waals surface area contributed by atoms with Crippen molar-refractivity contribution in [1.29, 1.82) is 0 Å². The molecule has 28 heavy (non-hydrogen) atoms. The van der Waals surface area contributed by atoms with Crippen molar-refractivity contribution in [2.24, 2.45) is 0 Å². The molecule has 0 spiro atoms. The minimum Gasteiger partial charge on any atom is -0.348 e. The Hall–Kier alpha value is -2.92. The maximum atomic E-state index is 12.8. The van der Waals surface area contributed by atoms with E-state index in [9.17, 15) is 4.79 Å². The molecule has 3 aromatic rings. The zero-order valence-electron chi connectivity index (χ0n) is 15.7. The molecule has 2 aliphatic rings. The molecule has 0 bridgehead atoms. The zero-order chi connectivity index (χ0) is 18.9. The van der Waals surface area contributed by atoms with E-state index in [-0.39, 0.29) is 11.9 Å². The molecule has 1 amide bonds. The minimum atomic E-state index is -0.0137. The van der Waals surface area contributed by atoms with E-state index in [4.69, 9.17) is 0 Å². The number of rotatable bonds is 5. The topological polar surface area (TPSA) is 59.0 Å². The molecule has 5 heteroatoms. The average Bonchev–Trinajstić information content (AvgIpc) is 3.39. The normalized spacial score (nSPS) is 21.1. The Balaban J connectivity index is 1.20. The summed E-state index contributed by atoms with van der Waals surface area (Å²) >= 11 is 0. The van der Waals surface area contributed by atoms with Gasteiger partial charge in [0.1, 0.15) is 0 Å². The number of fused-ring (bicyclic) bond motifs is 1. The van der Waals surface area contributed by atoms with Gasteiger partial charge in [0, 0.05) is 36.1 Å². The van der Waals surface area contributed by atoms with Crippen molar-refractivity contribution in [2.75, 3.05) is 0 Å². The van der Waals surface area contributed by atoms with Crippen LogP contribution in [-0.2, 0) is 12.8 Å². The lowest BCUT2D eigenvalue weighted by Gasteiger charge is -2.39. The molecule has 0 radical (unpaired) electrons. The first-order valence-electron chi connectivity index (χ1n) is 10.00. The molecule has 2 N–H and O–H groups in total. The predicted octanol–water partition coefficient (Wildman–Crippen LogP) is 2.89. The summed E-state index contributed by atoms with van der Waals surface area (Å²) < 4.78 is 1.77. The Morgan fingerprint density at radius 2 is 1.75 bits per heavy atom. The first-order valence-corrected chi connectivity index (χ1v) is 10.00. The van der Waals surface area contributed by atoms with E-state index in [1.807, 2.05) is 36.5 Å². The van der Waals surface area contributed by atoms with Crippen molar-refractivity contribution in [3.8, 4) is 5.69 Å². The third-order valence-corrected chi connectivity index (χ3v) is 5.97. The van der Waals surface area contributed by atoms with Gasteiger partial charge >= 0.3 is 0 Å². The number of nitrogens with zero attached hydrogens (tertiary/aromatic N) is 2. The van der Waals surface area contributed by atoms with E-state index >= 15 is 0 Å². The Morgan fingerprint density at radius 3 is 2.43 bits per heavy atom. The second kappa shape index (κ2) is 7.24. The lowest BCUT2D eigenvalue weighted by molar-refractivity contribution is 0.0889. The van der Waals surface area contributed by atoms with Crippen LogP contribution in [0.3, 0.4) is 0 Å². The standard InChI is InChI=1S/C23H24N4O/c28-23(18-7-3-8-20(15-18)27-12-4-11-24-27)26-22-10-9-21(22)25-19-13-16-5-1-2-6-17(16)14-19/h1-8,11-12,15,19,21-22,25H,9-10,13-14H2,(H,26,28)/t21-,22+/m1/s1.